The van der Waals surface area contributed by atoms with E-state index < -0.39 is 58.8 Å². The Morgan fingerprint density at radius 1 is 1.18 bits per heavy atom. The van der Waals surface area contributed by atoms with Crippen LogP contribution in [0.2, 0.25) is 0 Å². The van der Waals surface area contributed by atoms with Crippen molar-refractivity contribution in [2.75, 3.05) is 11.5 Å². The molecule has 1 aromatic carbocycles. The maximum atomic E-state index is 13.9. The number of nitrogens with one attached hydrogen (secondary N) is 2. The van der Waals surface area contributed by atoms with Crippen molar-refractivity contribution in [3.63, 3.8) is 0 Å². The molecular weight excluding hydrogens is 469 g/mol. The van der Waals surface area contributed by atoms with Crippen LogP contribution in [-0.4, -0.2) is 50.9 Å². The molecule has 33 heavy (non-hydrogen) atoms. The van der Waals surface area contributed by atoms with Gasteiger partial charge in [-0.25, -0.2) is 8.78 Å². The van der Waals surface area contributed by atoms with E-state index in [1.807, 2.05) is 6.07 Å². The first kappa shape index (κ1) is 27.1. The Labute approximate surface area is 191 Å². The van der Waals surface area contributed by atoms with Gasteiger partial charge in [-0.3, -0.25) is 14.3 Å². The van der Waals surface area contributed by atoms with E-state index in [-0.39, 0.29) is 22.8 Å². The molecule has 0 bridgehead atoms. The van der Waals surface area contributed by atoms with Crippen LogP contribution in [0.25, 0.3) is 0 Å². The van der Waals surface area contributed by atoms with Crippen LogP contribution in [-0.2, 0) is 15.6 Å². The topological polar surface area (TPSA) is 102 Å². The minimum absolute atomic E-state index is 0.0179. The monoisotopic (exact) mass is 495 g/mol. The van der Waals surface area contributed by atoms with Gasteiger partial charge in [0.1, 0.15) is 17.7 Å². The molecule has 12 heteroatoms. The Bertz CT molecular complexity index is 883. The summed E-state index contributed by atoms with van der Waals surface area (Å²) in [6.45, 7) is 3.56. The molecule has 0 radical (unpaired) electrons. The standard InChI is InChI=1S/C21H26F5N3O3S/c1-12(2)9-33(32)10-15(19(31)29-20(11-27)7-8-20)28-17(21(24,25)26)14-5-3-13(4-6-14)16(30)18(22)23/h3-6,12,15-18,28,30H,7-10H2,1-2H3,(H,29,31). The normalized spacial score (nSPS) is 18.9. The lowest BCUT2D eigenvalue weighted by Crippen LogP contribution is -2.54. The van der Waals surface area contributed by atoms with Crippen molar-refractivity contribution >= 4 is 16.7 Å². The van der Waals surface area contributed by atoms with Gasteiger partial charge in [0.2, 0.25) is 5.91 Å². The molecule has 3 N–H and O–H groups in total. The summed E-state index contributed by atoms with van der Waals surface area (Å²) in [6, 6.07) is 1.80. The number of halogens is 5. The number of carbonyl (C=O) groups is 1. The summed E-state index contributed by atoms with van der Waals surface area (Å²) >= 11 is 0. The van der Waals surface area contributed by atoms with E-state index in [4.69, 9.17) is 0 Å². The largest absolute Gasteiger partial charge is 0.407 e. The van der Waals surface area contributed by atoms with Gasteiger partial charge in [-0.2, -0.15) is 18.4 Å². The van der Waals surface area contributed by atoms with Gasteiger partial charge in [0.05, 0.1) is 12.1 Å². The van der Waals surface area contributed by atoms with Crippen molar-refractivity contribution in [3.8, 4) is 6.07 Å². The van der Waals surface area contributed by atoms with Crippen molar-refractivity contribution in [1.82, 2.24) is 10.6 Å². The number of aliphatic hydroxyl groups is 1. The van der Waals surface area contributed by atoms with E-state index in [2.05, 4.69) is 10.6 Å². The molecule has 1 fully saturated rings. The Morgan fingerprint density at radius 3 is 2.15 bits per heavy atom. The van der Waals surface area contributed by atoms with E-state index >= 15 is 0 Å². The molecule has 1 saturated carbocycles. The van der Waals surface area contributed by atoms with Gasteiger partial charge in [-0.05, 0) is 29.9 Å². The molecule has 0 aliphatic heterocycles. The van der Waals surface area contributed by atoms with Crippen LogP contribution in [0.4, 0.5) is 22.0 Å². The lowest BCUT2D eigenvalue weighted by Gasteiger charge is -2.28. The Balaban J connectivity index is 2.30. The number of alkyl halides is 5. The summed E-state index contributed by atoms with van der Waals surface area (Å²) in [7, 11) is -1.62. The van der Waals surface area contributed by atoms with Crippen LogP contribution < -0.4 is 10.6 Å². The third-order valence-electron chi connectivity index (χ3n) is 5.06. The molecule has 4 atom stereocenters. The Hall–Kier alpha value is -2.10. The molecule has 0 spiro atoms. The number of amides is 1. The van der Waals surface area contributed by atoms with Crippen molar-refractivity contribution < 1.29 is 36.1 Å². The molecule has 4 unspecified atom stereocenters. The highest BCUT2D eigenvalue weighted by Gasteiger charge is 2.47. The van der Waals surface area contributed by atoms with Gasteiger partial charge < -0.3 is 10.4 Å². The maximum Gasteiger partial charge on any atom is 0.407 e. The Morgan fingerprint density at radius 2 is 1.73 bits per heavy atom. The quantitative estimate of drug-likeness (QED) is 0.410. The van der Waals surface area contributed by atoms with Crippen molar-refractivity contribution in [1.29, 1.82) is 5.26 Å². The highest BCUT2D eigenvalue weighted by molar-refractivity contribution is 7.85. The number of nitrogens with zero attached hydrogens (tertiary/aromatic N) is 1. The summed E-state index contributed by atoms with van der Waals surface area (Å²) < 4.78 is 79.4. The van der Waals surface area contributed by atoms with Gasteiger partial charge in [-0.1, -0.05) is 38.1 Å². The van der Waals surface area contributed by atoms with E-state index in [0.717, 1.165) is 24.3 Å². The third-order valence-corrected chi connectivity index (χ3v) is 6.80. The van der Waals surface area contributed by atoms with E-state index in [1.165, 1.54) is 0 Å². The van der Waals surface area contributed by atoms with Crippen LogP contribution in [0.5, 0.6) is 0 Å². The number of aliphatic hydroxyl groups excluding tert-OH is 1. The van der Waals surface area contributed by atoms with Gasteiger partial charge in [0.25, 0.3) is 6.43 Å². The number of hydrogen-bond donors (Lipinski definition) is 3. The average Bonchev–Trinajstić information content (AvgIpc) is 3.49. The first-order valence-corrected chi connectivity index (χ1v) is 11.7. The summed E-state index contributed by atoms with van der Waals surface area (Å²) in [5.74, 6) is -1.12. The first-order chi connectivity index (χ1) is 15.3. The van der Waals surface area contributed by atoms with E-state index in [0.29, 0.717) is 12.8 Å². The summed E-state index contributed by atoms with van der Waals surface area (Å²) in [5, 5.41) is 23.3. The van der Waals surface area contributed by atoms with Crippen LogP contribution >= 0.6 is 0 Å². The predicted molar refractivity (Wildman–Crippen MR) is 112 cm³/mol. The highest BCUT2D eigenvalue weighted by Crippen LogP contribution is 2.36. The third kappa shape index (κ3) is 7.72. The van der Waals surface area contributed by atoms with Gasteiger partial charge >= 0.3 is 6.18 Å². The minimum Gasteiger partial charge on any atom is -0.382 e. The van der Waals surface area contributed by atoms with Gasteiger partial charge in [0.15, 0.2) is 0 Å². The van der Waals surface area contributed by atoms with Crippen LogP contribution in [0.3, 0.4) is 0 Å². The molecule has 0 saturated heterocycles. The minimum atomic E-state index is -4.88. The predicted octanol–water partition coefficient (Wildman–Crippen LogP) is 3.12. The number of hydrogen-bond acceptors (Lipinski definition) is 5. The van der Waals surface area contributed by atoms with Crippen LogP contribution in [0.15, 0.2) is 24.3 Å². The summed E-state index contributed by atoms with van der Waals surface area (Å²) in [5.41, 5.74) is -1.76. The van der Waals surface area contributed by atoms with Gasteiger partial charge in [-0.15, -0.1) is 0 Å². The number of benzene rings is 1. The summed E-state index contributed by atoms with van der Waals surface area (Å²) in [4.78, 5) is 12.7. The first-order valence-electron chi connectivity index (χ1n) is 10.2. The van der Waals surface area contributed by atoms with E-state index in [1.54, 1.807) is 13.8 Å². The second-order valence-corrected chi connectivity index (χ2v) is 10.0. The molecule has 0 heterocycles. The molecule has 1 aliphatic carbocycles. The fourth-order valence-electron chi connectivity index (χ4n) is 3.15. The van der Waals surface area contributed by atoms with Gasteiger partial charge in [0, 0.05) is 22.3 Å². The van der Waals surface area contributed by atoms with Crippen LogP contribution in [0, 0.1) is 17.2 Å². The smallest absolute Gasteiger partial charge is 0.382 e. The SMILES string of the molecule is CC(C)CS(=O)CC(NC(c1ccc(C(O)C(F)F)cc1)C(F)(F)F)C(=O)NC1(C#N)CC1. The number of carbonyl (C=O) groups excluding carboxylic acids is 1. The highest BCUT2D eigenvalue weighted by atomic mass is 32.2. The molecule has 2 rings (SSSR count). The number of nitriles is 1. The Kier molecular flexibility index (Phi) is 8.95. The molecule has 184 valence electrons. The maximum absolute atomic E-state index is 13.9. The van der Waals surface area contributed by atoms with Crippen molar-refractivity contribution in [3.05, 3.63) is 35.4 Å². The molecule has 1 aromatic rings. The molecule has 0 aromatic heterocycles. The zero-order valence-electron chi connectivity index (χ0n) is 18.0. The zero-order chi connectivity index (χ0) is 25.0. The molecule has 1 amide bonds. The van der Waals surface area contributed by atoms with Crippen LogP contribution in [0.1, 0.15) is 50.0 Å². The molecular formula is C21H26F5N3O3S. The zero-order valence-corrected chi connectivity index (χ0v) is 18.9. The second-order valence-electron chi connectivity index (χ2n) is 8.49. The lowest BCUT2D eigenvalue weighted by atomic mass is 10.0. The van der Waals surface area contributed by atoms with E-state index in [9.17, 15) is 41.3 Å². The summed E-state index contributed by atoms with van der Waals surface area (Å²) in [6.07, 6.45) is -9.39. The fourth-order valence-corrected chi connectivity index (χ4v) is 4.65. The second kappa shape index (κ2) is 10.9. The van der Waals surface area contributed by atoms with Crippen molar-refractivity contribution in [2.45, 2.75) is 63.0 Å². The fraction of sp³-hybridized carbons (Fsp3) is 0.619. The van der Waals surface area contributed by atoms with Crippen molar-refractivity contribution in [2.24, 2.45) is 5.92 Å². The average molecular weight is 496 g/mol. The molecule has 6 nitrogen and oxygen atoms in total. The lowest BCUT2D eigenvalue weighted by molar-refractivity contribution is -0.160. The number of rotatable bonds is 11. The molecule has 1 aliphatic rings.